The lowest BCUT2D eigenvalue weighted by Crippen LogP contribution is -2.28. The van der Waals surface area contributed by atoms with Gasteiger partial charge in [0.1, 0.15) is 6.04 Å². The van der Waals surface area contributed by atoms with Crippen LogP contribution in [0.3, 0.4) is 0 Å². The quantitative estimate of drug-likeness (QED) is 0.795. The van der Waals surface area contributed by atoms with Crippen LogP contribution in [0.15, 0.2) is 23.3 Å². The summed E-state index contributed by atoms with van der Waals surface area (Å²) < 4.78 is 2.64. The second-order valence-corrected chi connectivity index (χ2v) is 3.59. The molecule has 0 bridgehead atoms. The molecule has 6 heteroatoms. The predicted molar refractivity (Wildman–Crippen MR) is 57.3 cm³/mol. The molecular formula is C10H11N3O3. The van der Waals surface area contributed by atoms with Crippen LogP contribution < -0.4 is 5.69 Å². The standard InChI is InChI=1S/C10H11N3O3/c1-6(9(14)15)13-7-3-4-11-5-8(7)12(2)10(13)16/h3-6H,1-2H3,(H,14,15). The van der Waals surface area contributed by atoms with Crippen molar-refractivity contribution in [2.45, 2.75) is 13.0 Å². The van der Waals surface area contributed by atoms with Gasteiger partial charge in [0.15, 0.2) is 0 Å². The number of hydrogen-bond acceptors (Lipinski definition) is 3. The molecule has 84 valence electrons. The molecule has 0 spiro atoms. The number of hydrogen-bond donors (Lipinski definition) is 1. The summed E-state index contributed by atoms with van der Waals surface area (Å²) in [7, 11) is 1.59. The fourth-order valence-corrected chi connectivity index (χ4v) is 1.69. The van der Waals surface area contributed by atoms with Gasteiger partial charge in [-0.15, -0.1) is 0 Å². The molecule has 0 aliphatic rings. The molecule has 16 heavy (non-hydrogen) atoms. The minimum atomic E-state index is -1.04. The third-order valence-corrected chi connectivity index (χ3v) is 2.64. The van der Waals surface area contributed by atoms with Crippen molar-refractivity contribution in [2.24, 2.45) is 7.05 Å². The highest BCUT2D eigenvalue weighted by Gasteiger charge is 2.20. The van der Waals surface area contributed by atoms with Crippen molar-refractivity contribution < 1.29 is 9.90 Å². The average Bonchev–Trinajstić information content (AvgIpc) is 2.52. The molecule has 1 N–H and O–H groups in total. The zero-order valence-corrected chi connectivity index (χ0v) is 8.91. The van der Waals surface area contributed by atoms with E-state index in [-0.39, 0.29) is 5.69 Å². The maximum Gasteiger partial charge on any atom is 0.329 e. The van der Waals surface area contributed by atoms with Crippen LogP contribution in [0.1, 0.15) is 13.0 Å². The van der Waals surface area contributed by atoms with E-state index in [1.165, 1.54) is 22.3 Å². The fourth-order valence-electron chi connectivity index (χ4n) is 1.69. The van der Waals surface area contributed by atoms with Crippen molar-refractivity contribution in [1.82, 2.24) is 14.1 Å². The van der Waals surface area contributed by atoms with Crippen molar-refractivity contribution in [3.63, 3.8) is 0 Å². The maximum atomic E-state index is 11.9. The summed E-state index contributed by atoms with van der Waals surface area (Å²) in [6.07, 6.45) is 3.08. The van der Waals surface area contributed by atoms with Gasteiger partial charge in [0.05, 0.1) is 17.2 Å². The van der Waals surface area contributed by atoms with Gasteiger partial charge in [-0.25, -0.2) is 9.59 Å². The number of carboxylic acids is 1. The highest BCUT2D eigenvalue weighted by atomic mass is 16.4. The Hall–Kier alpha value is -2.11. The minimum absolute atomic E-state index is 0.349. The summed E-state index contributed by atoms with van der Waals surface area (Å²) in [6, 6.07) is 0.745. The molecule has 1 atom stereocenters. The number of aromatic nitrogens is 3. The number of pyridine rings is 1. The molecule has 0 aliphatic carbocycles. The normalized spacial score (nSPS) is 12.9. The van der Waals surface area contributed by atoms with Crippen LogP contribution in [0.25, 0.3) is 11.0 Å². The molecule has 2 heterocycles. The van der Waals surface area contributed by atoms with Crippen LogP contribution in [0.4, 0.5) is 0 Å². The van der Waals surface area contributed by atoms with E-state index >= 15 is 0 Å². The van der Waals surface area contributed by atoms with Crippen LogP contribution >= 0.6 is 0 Å². The summed E-state index contributed by atoms with van der Waals surface area (Å²) in [5.74, 6) is -1.04. The Morgan fingerprint density at radius 3 is 2.81 bits per heavy atom. The average molecular weight is 221 g/mol. The van der Waals surface area contributed by atoms with E-state index in [2.05, 4.69) is 4.98 Å². The number of imidazole rings is 1. The van der Waals surface area contributed by atoms with Gasteiger partial charge in [-0.2, -0.15) is 0 Å². The van der Waals surface area contributed by atoms with Gasteiger partial charge < -0.3 is 5.11 Å². The molecule has 0 fully saturated rings. The highest BCUT2D eigenvalue weighted by molar-refractivity contribution is 5.79. The largest absolute Gasteiger partial charge is 0.480 e. The number of nitrogens with zero attached hydrogens (tertiary/aromatic N) is 3. The molecule has 0 aliphatic heterocycles. The van der Waals surface area contributed by atoms with Crippen LogP contribution in [0.5, 0.6) is 0 Å². The first-order chi connectivity index (χ1) is 7.54. The molecule has 0 saturated heterocycles. The Morgan fingerprint density at radius 2 is 2.19 bits per heavy atom. The van der Waals surface area contributed by atoms with Crippen LogP contribution in [-0.2, 0) is 11.8 Å². The van der Waals surface area contributed by atoms with Crippen molar-refractivity contribution in [2.75, 3.05) is 0 Å². The topological polar surface area (TPSA) is 77.1 Å². The second-order valence-electron chi connectivity index (χ2n) is 3.59. The lowest BCUT2D eigenvalue weighted by Gasteiger charge is -2.07. The van der Waals surface area contributed by atoms with Crippen molar-refractivity contribution in [1.29, 1.82) is 0 Å². The van der Waals surface area contributed by atoms with Crippen LogP contribution in [-0.4, -0.2) is 25.2 Å². The van der Waals surface area contributed by atoms with E-state index in [0.29, 0.717) is 11.0 Å². The third-order valence-electron chi connectivity index (χ3n) is 2.64. The van der Waals surface area contributed by atoms with E-state index in [1.807, 2.05) is 0 Å². The summed E-state index contributed by atoms with van der Waals surface area (Å²) in [5.41, 5.74) is 0.857. The van der Waals surface area contributed by atoms with Crippen molar-refractivity contribution in [3.8, 4) is 0 Å². The van der Waals surface area contributed by atoms with E-state index in [0.717, 1.165) is 0 Å². The Bertz CT molecular complexity index is 611. The number of aryl methyl sites for hydroxylation is 1. The number of fused-ring (bicyclic) bond motifs is 1. The zero-order chi connectivity index (χ0) is 11.9. The molecule has 0 aromatic carbocycles. The van der Waals surface area contributed by atoms with Gasteiger partial charge in [0, 0.05) is 13.2 Å². The number of carboxylic acid groups (broad SMARTS) is 1. The Morgan fingerprint density at radius 1 is 1.50 bits per heavy atom. The monoisotopic (exact) mass is 221 g/mol. The third kappa shape index (κ3) is 1.30. The SMILES string of the molecule is CC(C(=O)O)n1c(=O)n(C)c2cnccc21. The summed E-state index contributed by atoms with van der Waals surface area (Å²) >= 11 is 0. The van der Waals surface area contributed by atoms with E-state index < -0.39 is 12.0 Å². The first-order valence-corrected chi connectivity index (χ1v) is 4.77. The zero-order valence-electron chi connectivity index (χ0n) is 8.91. The van der Waals surface area contributed by atoms with Gasteiger partial charge in [-0.05, 0) is 13.0 Å². The lowest BCUT2D eigenvalue weighted by molar-refractivity contribution is -0.140. The molecule has 0 saturated carbocycles. The number of carbonyl (C=O) groups is 1. The maximum absolute atomic E-state index is 11.9. The molecular weight excluding hydrogens is 210 g/mol. The van der Waals surface area contributed by atoms with Crippen LogP contribution in [0, 0.1) is 0 Å². The van der Waals surface area contributed by atoms with Crippen LogP contribution in [0.2, 0.25) is 0 Å². The molecule has 2 aromatic rings. The van der Waals surface area contributed by atoms with Gasteiger partial charge >= 0.3 is 11.7 Å². The molecule has 6 nitrogen and oxygen atoms in total. The Labute approximate surface area is 90.8 Å². The second kappa shape index (κ2) is 3.48. The summed E-state index contributed by atoms with van der Waals surface area (Å²) in [5, 5.41) is 8.94. The van der Waals surface area contributed by atoms with E-state index in [9.17, 15) is 9.59 Å². The van der Waals surface area contributed by atoms with Gasteiger partial charge in [-0.1, -0.05) is 0 Å². The number of aliphatic carboxylic acids is 1. The minimum Gasteiger partial charge on any atom is -0.480 e. The Kier molecular flexibility index (Phi) is 2.26. The molecule has 1 unspecified atom stereocenters. The van der Waals surface area contributed by atoms with E-state index in [4.69, 9.17) is 5.11 Å². The van der Waals surface area contributed by atoms with Gasteiger partial charge in [0.2, 0.25) is 0 Å². The lowest BCUT2D eigenvalue weighted by atomic mass is 10.3. The van der Waals surface area contributed by atoms with Crippen molar-refractivity contribution >= 4 is 17.0 Å². The number of rotatable bonds is 2. The molecule has 2 aromatic heterocycles. The summed E-state index contributed by atoms with van der Waals surface area (Å²) in [6.45, 7) is 1.48. The fraction of sp³-hybridized carbons (Fsp3) is 0.300. The molecule has 2 rings (SSSR count). The highest BCUT2D eigenvalue weighted by Crippen LogP contribution is 2.14. The predicted octanol–water partition coefficient (Wildman–Crippen LogP) is 0.381. The van der Waals surface area contributed by atoms with Gasteiger partial charge in [-0.3, -0.25) is 14.1 Å². The Balaban J connectivity index is 2.84. The van der Waals surface area contributed by atoms with Crippen molar-refractivity contribution in [3.05, 3.63) is 28.9 Å². The molecule has 0 amide bonds. The van der Waals surface area contributed by atoms with E-state index in [1.54, 1.807) is 19.3 Å². The van der Waals surface area contributed by atoms with Gasteiger partial charge in [0.25, 0.3) is 0 Å². The molecule has 0 radical (unpaired) electrons. The first-order valence-electron chi connectivity index (χ1n) is 4.77. The smallest absolute Gasteiger partial charge is 0.329 e. The summed E-state index contributed by atoms with van der Waals surface area (Å²) in [4.78, 5) is 26.7. The first kappa shape index (κ1) is 10.4.